The first-order valence-electron chi connectivity index (χ1n) is 5.18. The van der Waals surface area contributed by atoms with Gasteiger partial charge in [-0.2, -0.15) is 0 Å². The molecule has 0 fully saturated rings. The van der Waals surface area contributed by atoms with Crippen molar-refractivity contribution in [1.29, 1.82) is 0 Å². The molecule has 94 valence electrons. The van der Waals surface area contributed by atoms with Crippen LogP contribution in [0.2, 0.25) is 0 Å². The minimum Gasteiger partial charge on any atom is -0.394 e. The minimum atomic E-state index is -0.445. The summed E-state index contributed by atoms with van der Waals surface area (Å²) >= 11 is 0. The fraction of sp³-hybridized carbons (Fsp3) is 1.00. The van der Waals surface area contributed by atoms with E-state index in [1.165, 1.54) is 0 Å². The molecule has 0 heterocycles. The smallest absolute Gasteiger partial charge is 0.0779 e. The van der Waals surface area contributed by atoms with Crippen LogP contribution >= 0.6 is 0 Å². The lowest BCUT2D eigenvalue weighted by Crippen LogP contribution is -2.19. The number of aliphatic hydroxyl groups excluding tert-OH is 2. The molecule has 0 rings (SSSR count). The van der Waals surface area contributed by atoms with E-state index in [1.54, 1.807) is 21.0 Å². The SMILES string of the molecule is CC(O)COC(C)CO.COC(C)(C)C. The first-order valence-corrected chi connectivity index (χ1v) is 5.18. The van der Waals surface area contributed by atoms with Gasteiger partial charge >= 0.3 is 0 Å². The molecule has 0 saturated heterocycles. The zero-order valence-corrected chi connectivity index (χ0v) is 10.8. The largest absolute Gasteiger partial charge is 0.394 e. The number of ether oxygens (including phenoxy) is 2. The van der Waals surface area contributed by atoms with Crippen LogP contribution in [0.25, 0.3) is 0 Å². The third kappa shape index (κ3) is 20.0. The van der Waals surface area contributed by atoms with Crippen LogP contribution < -0.4 is 0 Å². The second-order valence-corrected chi connectivity index (χ2v) is 4.49. The van der Waals surface area contributed by atoms with Gasteiger partial charge in [0.2, 0.25) is 0 Å². The molecule has 4 nitrogen and oxygen atoms in total. The maximum atomic E-state index is 8.69. The van der Waals surface area contributed by atoms with E-state index in [0.717, 1.165) is 0 Å². The van der Waals surface area contributed by atoms with Gasteiger partial charge in [-0.3, -0.25) is 0 Å². The van der Waals surface area contributed by atoms with Gasteiger partial charge in [0.1, 0.15) is 0 Å². The summed E-state index contributed by atoms with van der Waals surface area (Å²) < 4.78 is 9.89. The Morgan fingerprint density at radius 2 is 1.60 bits per heavy atom. The van der Waals surface area contributed by atoms with Crippen molar-refractivity contribution in [2.75, 3.05) is 20.3 Å². The van der Waals surface area contributed by atoms with Gasteiger partial charge in [0.15, 0.2) is 0 Å². The molecule has 0 aliphatic carbocycles. The van der Waals surface area contributed by atoms with Gasteiger partial charge in [-0.05, 0) is 34.6 Å². The summed E-state index contributed by atoms with van der Waals surface area (Å²) in [5.74, 6) is 0. The van der Waals surface area contributed by atoms with E-state index in [1.807, 2.05) is 20.8 Å². The van der Waals surface area contributed by atoms with E-state index >= 15 is 0 Å². The van der Waals surface area contributed by atoms with Crippen LogP contribution in [0.1, 0.15) is 34.6 Å². The predicted molar refractivity (Wildman–Crippen MR) is 60.9 cm³/mol. The standard InChI is InChI=1S/C6H14O3.C5H12O/c1-5(8)4-9-6(2)3-7;1-5(2,3)6-4/h5-8H,3-4H2,1-2H3;1-4H3. The molecule has 0 aliphatic heterocycles. The Labute approximate surface area is 93.2 Å². The predicted octanol–water partition coefficient (Wildman–Crippen LogP) is 1.20. The number of methoxy groups -OCH3 is 1. The lowest BCUT2D eigenvalue weighted by atomic mass is 10.2. The highest BCUT2D eigenvalue weighted by atomic mass is 16.5. The maximum absolute atomic E-state index is 8.69. The van der Waals surface area contributed by atoms with E-state index in [2.05, 4.69) is 0 Å². The first kappa shape index (κ1) is 17.2. The van der Waals surface area contributed by atoms with Gasteiger partial charge in [0.25, 0.3) is 0 Å². The number of aliphatic hydroxyl groups is 2. The Hall–Kier alpha value is -0.160. The van der Waals surface area contributed by atoms with Gasteiger partial charge in [-0.1, -0.05) is 0 Å². The summed E-state index contributed by atoms with van der Waals surface area (Å²) in [6.45, 7) is 9.76. The Morgan fingerprint density at radius 3 is 1.80 bits per heavy atom. The van der Waals surface area contributed by atoms with Crippen molar-refractivity contribution in [1.82, 2.24) is 0 Å². The molecular weight excluding hydrogens is 196 g/mol. The van der Waals surface area contributed by atoms with Crippen LogP contribution in [-0.4, -0.2) is 48.3 Å². The maximum Gasteiger partial charge on any atom is 0.0779 e. The zero-order chi connectivity index (χ0) is 12.5. The molecule has 4 heteroatoms. The number of rotatable bonds is 4. The van der Waals surface area contributed by atoms with Gasteiger partial charge in [-0.25, -0.2) is 0 Å². The Kier molecular flexibility index (Phi) is 10.5. The molecule has 0 aliphatic rings. The second-order valence-electron chi connectivity index (χ2n) is 4.49. The summed E-state index contributed by atoms with van der Waals surface area (Å²) in [6, 6.07) is 0. The lowest BCUT2D eigenvalue weighted by molar-refractivity contribution is -0.0177. The fourth-order valence-corrected chi connectivity index (χ4v) is 0.356. The summed E-state index contributed by atoms with van der Waals surface area (Å²) in [7, 11) is 1.71. The molecule has 0 aromatic heterocycles. The summed E-state index contributed by atoms with van der Waals surface area (Å²) in [5, 5.41) is 17.1. The molecule has 0 amide bonds. The van der Waals surface area contributed by atoms with Crippen molar-refractivity contribution in [3.8, 4) is 0 Å². The number of hydrogen-bond donors (Lipinski definition) is 2. The van der Waals surface area contributed by atoms with Crippen molar-refractivity contribution in [3.05, 3.63) is 0 Å². The molecular formula is C11H26O4. The fourth-order valence-electron chi connectivity index (χ4n) is 0.356. The quantitative estimate of drug-likeness (QED) is 0.750. The van der Waals surface area contributed by atoms with E-state index in [4.69, 9.17) is 19.7 Å². The average molecular weight is 222 g/mol. The lowest BCUT2D eigenvalue weighted by Gasteiger charge is -2.14. The summed E-state index contributed by atoms with van der Waals surface area (Å²) in [4.78, 5) is 0. The molecule has 2 unspecified atom stereocenters. The van der Waals surface area contributed by atoms with Crippen molar-refractivity contribution in [2.45, 2.75) is 52.4 Å². The normalized spacial score (nSPS) is 15.2. The highest BCUT2D eigenvalue weighted by Gasteiger charge is 2.04. The molecule has 0 aromatic carbocycles. The molecule has 0 spiro atoms. The monoisotopic (exact) mass is 222 g/mol. The van der Waals surface area contributed by atoms with E-state index < -0.39 is 6.10 Å². The van der Waals surface area contributed by atoms with Gasteiger partial charge < -0.3 is 19.7 Å². The van der Waals surface area contributed by atoms with Crippen LogP contribution in [-0.2, 0) is 9.47 Å². The number of hydrogen-bond acceptors (Lipinski definition) is 4. The first-order chi connectivity index (χ1) is 6.72. The summed E-state index contributed by atoms with van der Waals surface area (Å²) in [6.07, 6.45) is -0.612. The van der Waals surface area contributed by atoms with Crippen LogP contribution in [0, 0.1) is 0 Å². The Morgan fingerprint density at radius 1 is 1.20 bits per heavy atom. The van der Waals surface area contributed by atoms with Crippen LogP contribution in [0.5, 0.6) is 0 Å². The zero-order valence-electron chi connectivity index (χ0n) is 10.8. The highest BCUT2D eigenvalue weighted by molar-refractivity contribution is 4.55. The highest BCUT2D eigenvalue weighted by Crippen LogP contribution is 2.02. The van der Waals surface area contributed by atoms with Gasteiger partial charge in [-0.15, -0.1) is 0 Å². The minimum absolute atomic E-state index is 0.00667. The molecule has 0 aromatic rings. The van der Waals surface area contributed by atoms with E-state index in [0.29, 0.717) is 6.61 Å². The van der Waals surface area contributed by atoms with Gasteiger partial charge in [0, 0.05) is 7.11 Å². The van der Waals surface area contributed by atoms with Crippen LogP contribution in [0.15, 0.2) is 0 Å². The Balaban J connectivity index is 0. The molecule has 2 atom stereocenters. The molecule has 0 bridgehead atoms. The van der Waals surface area contributed by atoms with Crippen LogP contribution in [0.3, 0.4) is 0 Å². The van der Waals surface area contributed by atoms with Crippen molar-refractivity contribution in [3.63, 3.8) is 0 Å². The van der Waals surface area contributed by atoms with E-state index in [-0.39, 0.29) is 18.3 Å². The average Bonchev–Trinajstić information content (AvgIpc) is 2.14. The second kappa shape index (κ2) is 9.09. The molecule has 0 radical (unpaired) electrons. The summed E-state index contributed by atoms with van der Waals surface area (Å²) in [5.41, 5.74) is 0.0417. The third-order valence-electron chi connectivity index (χ3n) is 1.49. The van der Waals surface area contributed by atoms with Crippen molar-refractivity contribution < 1.29 is 19.7 Å². The van der Waals surface area contributed by atoms with Crippen molar-refractivity contribution >= 4 is 0 Å². The molecule has 0 saturated carbocycles. The topological polar surface area (TPSA) is 58.9 Å². The van der Waals surface area contributed by atoms with Crippen molar-refractivity contribution in [2.24, 2.45) is 0 Å². The van der Waals surface area contributed by atoms with Gasteiger partial charge in [0.05, 0.1) is 31.0 Å². The molecule has 2 N–H and O–H groups in total. The van der Waals surface area contributed by atoms with E-state index in [9.17, 15) is 0 Å². The Bertz CT molecular complexity index is 129. The third-order valence-corrected chi connectivity index (χ3v) is 1.49. The van der Waals surface area contributed by atoms with Crippen LogP contribution in [0.4, 0.5) is 0 Å². The molecule has 15 heavy (non-hydrogen) atoms.